The molecule has 1 amide bonds. The maximum absolute atomic E-state index is 12.0. The second-order valence-electron chi connectivity index (χ2n) is 5.66. The second kappa shape index (κ2) is 4.13. The summed E-state index contributed by atoms with van der Waals surface area (Å²) in [4.78, 5) is 12.0. The summed E-state index contributed by atoms with van der Waals surface area (Å²) in [7, 11) is 0. The van der Waals surface area contributed by atoms with E-state index < -0.39 is 0 Å². The zero-order valence-electron chi connectivity index (χ0n) is 10.7. The van der Waals surface area contributed by atoms with Gasteiger partial charge < -0.3 is 5.32 Å². The molecule has 1 atom stereocenters. The molecule has 0 saturated heterocycles. The van der Waals surface area contributed by atoms with Crippen LogP contribution in [0.1, 0.15) is 31.4 Å². The highest BCUT2D eigenvalue weighted by atomic mass is 79.9. The first-order valence-corrected chi connectivity index (χ1v) is 6.68. The molecule has 2 rings (SSSR count). The Morgan fingerprint density at radius 1 is 1.35 bits per heavy atom. The molecule has 0 heterocycles. The van der Waals surface area contributed by atoms with Crippen molar-refractivity contribution in [3.8, 4) is 0 Å². The number of hydrogen-bond acceptors (Lipinski definition) is 1. The van der Waals surface area contributed by atoms with Crippen molar-refractivity contribution < 1.29 is 4.79 Å². The minimum Gasteiger partial charge on any atom is -0.326 e. The Bertz CT molecular complexity index is 456. The Morgan fingerprint density at radius 2 is 1.82 bits per heavy atom. The molecule has 0 bridgehead atoms. The van der Waals surface area contributed by atoms with Gasteiger partial charge in [0.1, 0.15) is 0 Å². The van der Waals surface area contributed by atoms with Crippen molar-refractivity contribution in [2.24, 2.45) is 11.3 Å². The lowest BCUT2D eigenvalue weighted by Gasteiger charge is -2.10. The SMILES string of the molecule is Cc1cc(NC(=O)C2CC2(C)C)cc(C)c1Br. The fraction of sp³-hybridized carbons (Fsp3) is 0.500. The maximum Gasteiger partial charge on any atom is 0.228 e. The zero-order valence-corrected chi connectivity index (χ0v) is 12.3. The number of benzene rings is 1. The van der Waals surface area contributed by atoms with Gasteiger partial charge in [0.05, 0.1) is 0 Å². The van der Waals surface area contributed by atoms with Gasteiger partial charge in [-0.1, -0.05) is 29.8 Å². The van der Waals surface area contributed by atoms with E-state index in [4.69, 9.17) is 0 Å². The Morgan fingerprint density at radius 3 is 2.24 bits per heavy atom. The number of nitrogens with one attached hydrogen (secondary N) is 1. The molecule has 1 aromatic rings. The van der Waals surface area contributed by atoms with Crippen LogP contribution in [0.25, 0.3) is 0 Å². The monoisotopic (exact) mass is 295 g/mol. The van der Waals surface area contributed by atoms with Crippen molar-refractivity contribution >= 4 is 27.5 Å². The first kappa shape index (κ1) is 12.6. The summed E-state index contributed by atoms with van der Waals surface area (Å²) in [5.74, 6) is 0.322. The van der Waals surface area contributed by atoms with Gasteiger partial charge in [0.2, 0.25) is 5.91 Å². The quantitative estimate of drug-likeness (QED) is 0.876. The second-order valence-corrected chi connectivity index (χ2v) is 6.45. The Hall–Kier alpha value is -0.830. The molecule has 1 aliphatic rings. The van der Waals surface area contributed by atoms with Crippen molar-refractivity contribution in [3.05, 3.63) is 27.7 Å². The predicted molar refractivity (Wildman–Crippen MR) is 74.1 cm³/mol. The molecule has 92 valence electrons. The number of hydrogen-bond donors (Lipinski definition) is 1. The molecule has 1 fully saturated rings. The van der Waals surface area contributed by atoms with Crippen LogP contribution >= 0.6 is 15.9 Å². The predicted octanol–water partition coefficient (Wildman–Crippen LogP) is 4.05. The van der Waals surface area contributed by atoms with Crippen LogP contribution in [0, 0.1) is 25.2 Å². The molecule has 2 nitrogen and oxygen atoms in total. The summed E-state index contributed by atoms with van der Waals surface area (Å²) in [5.41, 5.74) is 3.38. The minimum absolute atomic E-state index is 0.149. The minimum atomic E-state index is 0.149. The third kappa shape index (κ3) is 2.54. The van der Waals surface area contributed by atoms with Gasteiger partial charge in [0.15, 0.2) is 0 Å². The number of carbonyl (C=O) groups excluding carboxylic acids is 1. The maximum atomic E-state index is 12.0. The molecule has 1 N–H and O–H groups in total. The smallest absolute Gasteiger partial charge is 0.228 e. The third-order valence-corrected chi connectivity index (χ3v) is 4.78. The van der Waals surface area contributed by atoms with Crippen LogP contribution in [0.4, 0.5) is 5.69 Å². The van der Waals surface area contributed by atoms with Crippen LogP contribution in [0.2, 0.25) is 0 Å². The fourth-order valence-corrected chi connectivity index (χ4v) is 2.39. The average Bonchev–Trinajstić information content (AvgIpc) is 2.84. The molecule has 1 unspecified atom stereocenters. The Labute approximate surface area is 111 Å². The van der Waals surface area contributed by atoms with Gasteiger partial charge in [-0.15, -0.1) is 0 Å². The van der Waals surface area contributed by atoms with Gasteiger partial charge in [-0.3, -0.25) is 4.79 Å². The van der Waals surface area contributed by atoms with E-state index in [9.17, 15) is 4.79 Å². The summed E-state index contributed by atoms with van der Waals surface area (Å²) in [6.45, 7) is 8.34. The summed E-state index contributed by atoms with van der Waals surface area (Å²) in [6, 6.07) is 4.01. The Kier molecular flexibility index (Phi) is 3.06. The summed E-state index contributed by atoms with van der Waals surface area (Å²) in [5, 5.41) is 3.01. The van der Waals surface area contributed by atoms with Gasteiger partial charge in [0.25, 0.3) is 0 Å². The topological polar surface area (TPSA) is 29.1 Å². The number of halogens is 1. The van der Waals surface area contributed by atoms with Crippen LogP contribution in [-0.4, -0.2) is 5.91 Å². The van der Waals surface area contributed by atoms with Crippen LogP contribution in [-0.2, 0) is 4.79 Å². The lowest BCUT2D eigenvalue weighted by molar-refractivity contribution is -0.117. The normalized spacial score (nSPS) is 21.1. The van der Waals surface area contributed by atoms with Gasteiger partial charge in [-0.25, -0.2) is 0 Å². The number of rotatable bonds is 2. The first-order valence-electron chi connectivity index (χ1n) is 5.89. The van der Waals surface area contributed by atoms with Gasteiger partial charge in [-0.2, -0.15) is 0 Å². The van der Waals surface area contributed by atoms with E-state index >= 15 is 0 Å². The summed E-state index contributed by atoms with van der Waals surface area (Å²) in [6.07, 6.45) is 0.993. The molecular formula is C14H18BrNO. The highest BCUT2D eigenvalue weighted by Gasteiger charge is 2.50. The molecule has 0 aliphatic heterocycles. The molecule has 0 aromatic heterocycles. The molecule has 1 saturated carbocycles. The summed E-state index contributed by atoms with van der Waals surface area (Å²) < 4.78 is 1.11. The zero-order chi connectivity index (χ0) is 12.8. The first-order chi connectivity index (χ1) is 7.81. The van der Waals surface area contributed by atoms with Crippen LogP contribution in [0.15, 0.2) is 16.6 Å². The fourth-order valence-electron chi connectivity index (χ4n) is 2.16. The molecule has 3 heteroatoms. The Balaban J connectivity index is 2.12. The van der Waals surface area contributed by atoms with Crippen molar-refractivity contribution in [1.29, 1.82) is 0 Å². The van der Waals surface area contributed by atoms with E-state index in [1.54, 1.807) is 0 Å². The van der Waals surface area contributed by atoms with E-state index in [2.05, 4.69) is 35.1 Å². The van der Waals surface area contributed by atoms with Crippen molar-refractivity contribution in [2.75, 3.05) is 5.32 Å². The van der Waals surface area contributed by atoms with Gasteiger partial charge in [0, 0.05) is 16.1 Å². The van der Waals surface area contributed by atoms with E-state index in [-0.39, 0.29) is 17.2 Å². The van der Waals surface area contributed by atoms with E-state index in [0.717, 1.165) is 27.7 Å². The van der Waals surface area contributed by atoms with Crippen molar-refractivity contribution in [1.82, 2.24) is 0 Å². The van der Waals surface area contributed by atoms with Gasteiger partial charge >= 0.3 is 0 Å². The number of aryl methyl sites for hydroxylation is 2. The lowest BCUT2D eigenvalue weighted by Crippen LogP contribution is -2.16. The van der Waals surface area contributed by atoms with E-state index in [1.807, 2.05) is 26.0 Å². The number of amides is 1. The van der Waals surface area contributed by atoms with Crippen LogP contribution < -0.4 is 5.32 Å². The van der Waals surface area contributed by atoms with Crippen LogP contribution in [0.3, 0.4) is 0 Å². The molecule has 1 aromatic carbocycles. The molecule has 17 heavy (non-hydrogen) atoms. The molecule has 0 radical (unpaired) electrons. The van der Waals surface area contributed by atoms with Crippen molar-refractivity contribution in [2.45, 2.75) is 34.1 Å². The standard InChI is InChI=1S/C14H18BrNO/c1-8-5-10(6-9(2)12(8)15)16-13(17)11-7-14(11,3)4/h5-6,11H,7H2,1-4H3,(H,16,17). The molecule has 1 aliphatic carbocycles. The summed E-state index contributed by atoms with van der Waals surface area (Å²) >= 11 is 3.53. The third-order valence-electron chi connectivity index (χ3n) is 3.53. The lowest BCUT2D eigenvalue weighted by atomic mass is 10.1. The van der Waals surface area contributed by atoms with Crippen molar-refractivity contribution in [3.63, 3.8) is 0 Å². The molecular weight excluding hydrogens is 278 g/mol. The number of carbonyl (C=O) groups is 1. The van der Waals surface area contributed by atoms with Gasteiger partial charge in [-0.05, 0) is 48.9 Å². The number of anilines is 1. The molecule has 0 spiro atoms. The largest absolute Gasteiger partial charge is 0.326 e. The van der Waals surface area contributed by atoms with E-state index in [1.165, 1.54) is 0 Å². The average molecular weight is 296 g/mol. The van der Waals surface area contributed by atoms with Crippen LogP contribution in [0.5, 0.6) is 0 Å². The highest BCUT2D eigenvalue weighted by Crippen LogP contribution is 2.52. The van der Waals surface area contributed by atoms with E-state index in [0.29, 0.717) is 0 Å². The highest BCUT2D eigenvalue weighted by molar-refractivity contribution is 9.10.